The fraction of sp³-hybridized carbons (Fsp3) is 0. The van der Waals surface area contributed by atoms with Crippen LogP contribution in [-0.4, -0.2) is 20.9 Å². The molecule has 22 heavy (non-hydrogen) atoms. The molecule has 0 aliphatic rings. The van der Waals surface area contributed by atoms with Crippen LogP contribution < -0.4 is 4.74 Å². The van der Waals surface area contributed by atoms with Gasteiger partial charge in [0.2, 0.25) is 5.75 Å². The molecule has 2 rings (SSSR count). The van der Waals surface area contributed by atoms with Crippen molar-refractivity contribution in [1.82, 2.24) is 0 Å². The fourth-order valence-corrected chi connectivity index (χ4v) is 1.76. The number of hydrogen-bond donors (Lipinski definition) is 1. The molecule has 0 spiro atoms. The molecule has 0 fully saturated rings. The Morgan fingerprint density at radius 3 is 2.14 bits per heavy atom. The number of nitrogens with zero attached hydrogens (tertiary/aromatic N) is 2. The summed E-state index contributed by atoms with van der Waals surface area (Å²) in [6.07, 6.45) is 0. The molecule has 9 heteroatoms. The molecule has 1 N–H and O–H groups in total. The average molecular weight is 304 g/mol. The van der Waals surface area contributed by atoms with Crippen LogP contribution in [0.25, 0.3) is 0 Å². The van der Waals surface area contributed by atoms with Crippen molar-refractivity contribution in [1.29, 1.82) is 0 Å². The van der Waals surface area contributed by atoms with Crippen LogP contribution in [0.2, 0.25) is 0 Å². The Bertz CT molecular complexity index is 758. The molecule has 0 heterocycles. The molecule has 2 aromatic carbocycles. The van der Waals surface area contributed by atoms with Gasteiger partial charge in [-0.15, -0.1) is 0 Å². The molecule has 0 saturated heterocycles. The van der Waals surface area contributed by atoms with Crippen molar-refractivity contribution in [2.45, 2.75) is 0 Å². The number of benzene rings is 2. The monoisotopic (exact) mass is 304 g/mol. The molecule has 2 aromatic rings. The SMILES string of the molecule is O=C(O)c1ccc([N+](=O)[O-])c([N+](=O)[O-])c1Oc1ccccc1. The molecular formula is C13H8N2O7. The highest BCUT2D eigenvalue weighted by molar-refractivity contribution is 5.94. The van der Waals surface area contributed by atoms with Crippen LogP contribution in [0.3, 0.4) is 0 Å². The van der Waals surface area contributed by atoms with E-state index in [2.05, 4.69) is 0 Å². The first-order chi connectivity index (χ1) is 10.4. The largest absolute Gasteiger partial charge is 0.478 e. The molecular weight excluding hydrogens is 296 g/mol. The standard InChI is InChI=1S/C13H8N2O7/c16-13(17)9-6-7-10(14(18)19)11(15(20)21)12(9)22-8-4-2-1-3-5-8/h1-7H,(H,16,17). The van der Waals surface area contributed by atoms with Gasteiger partial charge in [0.25, 0.3) is 0 Å². The van der Waals surface area contributed by atoms with Crippen LogP contribution in [0.5, 0.6) is 11.5 Å². The molecule has 0 aromatic heterocycles. The molecule has 0 aliphatic carbocycles. The minimum Gasteiger partial charge on any atom is -0.478 e. The van der Waals surface area contributed by atoms with Gasteiger partial charge in [0, 0.05) is 6.07 Å². The second-order valence-corrected chi connectivity index (χ2v) is 4.04. The zero-order chi connectivity index (χ0) is 16.3. The summed E-state index contributed by atoms with van der Waals surface area (Å²) >= 11 is 0. The van der Waals surface area contributed by atoms with Crippen molar-refractivity contribution in [2.24, 2.45) is 0 Å². The third-order valence-electron chi connectivity index (χ3n) is 2.68. The van der Waals surface area contributed by atoms with Gasteiger partial charge in [0.15, 0.2) is 0 Å². The number of aromatic carboxylic acids is 1. The van der Waals surface area contributed by atoms with Gasteiger partial charge in [-0.2, -0.15) is 0 Å². The number of nitro benzene ring substituents is 2. The highest BCUT2D eigenvalue weighted by atomic mass is 16.6. The number of rotatable bonds is 5. The van der Waals surface area contributed by atoms with Crippen LogP contribution in [0.1, 0.15) is 10.4 Å². The smallest absolute Gasteiger partial charge is 0.388 e. The van der Waals surface area contributed by atoms with Crippen molar-refractivity contribution >= 4 is 17.3 Å². The first-order valence-corrected chi connectivity index (χ1v) is 5.83. The third-order valence-corrected chi connectivity index (χ3v) is 2.68. The first kappa shape index (κ1) is 14.9. The van der Waals surface area contributed by atoms with E-state index < -0.39 is 38.5 Å². The number of carbonyl (C=O) groups is 1. The van der Waals surface area contributed by atoms with Crippen molar-refractivity contribution in [3.05, 3.63) is 68.3 Å². The van der Waals surface area contributed by atoms with Gasteiger partial charge in [-0.1, -0.05) is 18.2 Å². The number of carboxylic acid groups (broad SMARTS) is 1. The van der Waals surface area contributed by atoms with Crippen LogP contribution in [0.4, 0.5) is 11.4 Å². The van der Waals surface area contributed by atoms with Gasteiger partial charge in [0.05, 0.1) is 9.85 Å². The topological polar surface area (TPSA) is 133 Å². The molecule has 0 bridgehead atoms. The lowest BCUT2D eigenvalue weighted by Gasteiger charge is -2.09. The molecule has 0 atom stereocenters. The van der Waals surface area contributed by atoms with E-state index in [0.29, 0.717) is 0 Å². The Labute approximate surface area is 122 Å². The van der Waals surface area contributed by atoms with Gasteiger partial charge in [-0.25, -0.2) is 4.79 Å². The van der Waals surface area contributed by atoms with Crippen molar-refractivity contribution in [3.8, 4) is 11.5 Å². The quantitative estimate of drug-likeness (QED) is 0.662. The maximum atomic E-state index is 11.2. The van der Waals surface area contributed by atoms with Crippen LogP contribution in [0, 0.1) is 20.2 Å². The summed E-state index contributed by atoms with van der Waals surface area (Å²) in [6.45, 7) is 0. The highest BCUT2D eigenvalue weighted by Gasteiger charge is 2.34. The number of nitro groups is 2. The van der Waals surface area contributed by atoms with Crippen LogP contribution >= 0.6 is 0 Å². The summed E-state index contributed by atoms with van der Waals surface area (Å²) in [5.74, 6) is -2.06. The predicted molar refractivity (Wildman–Crippen MR) is 73.2 cm³/mol. The van der Waals surface area contributed by atoms with E-state index in [9.17, 15) is 25.0 Å². The minimum atomic E-state index is -1.50. The average Bonchev–Trinajstić information content (AvgIpc) is 2.47. The molecule has 9 nitrogen and oxygen atoms in total. The number of para-hydroxylation sites is 1. The summed E-state index contributed by atoms with van der Waals surface area (Å²) < 4.78 is 5.23. The highest BCUT2D eigenvalue weighted by Crippen LogP contribution is 2.41. The summed E-state index contributed by atoms with van der Waals surface area (Å²) in [5.41, 5.74) is -2.39. The Morgan fingerprint density at radius 1 is 1.00 bits per heavy atom. The third kappa shape index (κ3) is 2.82. The van der Waals surface area contributed by atoms with E-state index in [1.165, 1.54) is 12.1 Å². The lowest BCUT2D eigenvalue weighted by molar-refractivity contribution is -0.423. The summed E-state index contributed by atoms with van der Waals surface area (Å²) in [6, 6.07) is 9.33. The Balaban J connectivity index is 2.70. The molecule has 0 unspecified atom stereocenters. The number of hydrogen-bond acceptors (Lipinski definition) is 6. The Kier molecular flexibility index (Phi) is 3.98. The van der Waals surface area contributed by atoms with E-state index in [1.807, 2.05) is 0 Å². The molecule has 0 radical (unpaired) electrons. The van der Waals surface area contributed by atoms with Gasteiger partial charge >= 0.3 is 17.3 Å². The van der Waals surface area contributed by atoms with E-state index in [0.717, 1.165) is 12.1 Å². The predicted octanol–water partition coefficient (Wildman–Crippen LogP) is 2.99. The van der Waals surface area contributed by atoms with E-state index in [4.69, 9.17) is 9.84 Å². The van der Waals surface area contributed by atoms with Gasteiger partial charge in [0.1, 0.15) is 11.3 Å². The lowest BCUT2D eigenvalue weighted by atomic mass is 10.1. The Hall–Kier alpha value is -3.49. The zero-order valence-corrected chi connectivity index (χ0v) is 10.8. The van der Waals surface area contributed by atoms with Crippen molar-refractivity contribution in [2.75, 3.05) is 0 Å². The van der Waals surface area contributed by atoms with Crippen LogP contribution in [-0.2, 0) is 0 Å². The summed E-state index contributed by atoms with van der Waals surface area (Å²) in [5, 5.41) is 31.2. The summed E-state index contributed by atoms with van der Waals surface area (Å²) in [4.78, 5) is 31.2. The molecule has 0 amide bonds. The van der Waals surface area contributed by atoms with Gasteiger partial charge < -0.3 is 9.84 Å². The van der Waals surface area contributed by atoms with Gasteiger partial charge in [-0.3, -0.25) is 20.2 Å². The minimum absolute atomic E-state index is 0.119. The molecule has 0 saturated carbocycles. The lowest BCUT2D eigenvalue weighted by Crippen LogP contribution is -2.06. The van der Waals surface area contributed by atoms with Crippen LogP contribution in [0.15, 0.2) is 42.5 Å². The Morgan fingerprint density at radius 2 is 1.64 bits per heavy atom. The van der Waals surface area contributed by atoms with Crippen molar-refractivity contribution < 1.29 is 24.5 Å². The van der Waals surface area contributed by atoms with Gasteiger partial charge in [-0.05, 0) is 18.2 Å². The van der Waals surface area contributed by atoms with E-state index in [-0.39, 0.29) is 5.75 Å². The maximum absolute atomic E-state index is 11.2. The normalized spacial score (nSPS) is 10.0. The van der Waals surface area contributed by atoms with Crippen molar-refractivity contribution in [3.63, 3.8) is 0 Å². The summed E-state index contributed by atoms with van der Waals surface area (Å²) in [7, 11) is 0. The molecule has 112 valence electrons. The molecule has 0 aliphatic heterocycles. The second kappa shape index (κ2) is 5.87. The number of ether oxygens (including phenoxy) is 1. The van der Waals surface area contributed by atoms with E-state index >= 15 is 0 Å². The first-order valence-electron chi connectivity index (χ1n) is 5.83. The zero-order valence-electron chi connectivity index (χ0n) is 10.8. The van der Waals surface area contributed by atoms with E-state index in [1.54, 1.807) is 18.2 Å². The fourth-order valence-electron chi connectivity index (χ4n) is 1.76. The maximum Gasteiger partial charge on any atom is 0.388 e. The second-order valence-electron chi connectivity index (χ2n) is 4.04. The number of carboxylic acids is 1.